The van der Waals surface area contributed by atoms with E-state index in [-0.39, 0.29) is 0 Å². The molecule has 0 spiro atoms. The third kappa shape index (κ3) is 1.60. The highest BCUT2D eigenvalue weighted by Crippen LogP contribution is 2.37. The third-order valence-electron chi connectivity index (χ3n) is 3.82. The van der Waals surface area contributed by atoms with Gasteiger partial charge in [-0.1, -0.05) is 12.8 Å². The van der Waals surface area contributed by atoms with Gasteiger partial charge in [-0.2, -0.15) is 0 Å². The van der Waals surface area contributed by atoms with E-state index in [2.05, 4.69) is 14.9 Å². The van der Waals surface area contributed by atoms with E-state index < -0.39 is 0 Å². The molecule has 80 valence electrons. The number of rotatable bonds is 1. The van der Waals surface area contributed by atoms with Crippen molar-refractivity contribution >= 4 is 5.95 Å². The van der Waals surface area contributed by atoms with Gasteiger partial charge in [-0.3, -0.25) is 0 Å². The van der Waals surface area contributed by atoms with Crippen molar-refractivity contribution in [3.8, 4) is 0 Å². The van der Waals surface area contributed by atoms with E-state index in [0.29, 0.717) is 0 Å². The smallest absolute Gasteiger partial charge is 0.225 e. The van der Waals surface area contributed by atoms with Crippen molar-refractivity contribution in [2.75, 3.05) is 11.4 Å². The summed E-state index contributed by atoms with van der Waals surface area (Å²) in [6, 6.07) is 2.61. The highest BCUT2D eigenvalue weighted by atomic mass is 15.3. The molecule has 1 aliphatic heterocycles. The van der Waals surface area contributed by atoms with E-state index in [9.17, 15) is 0 Å². The number of hydrogen-bond acceptors (Lipinski definition) is 3. The maximum absolute atomic E-state index is 4.37. The van der Waals surface area contributed by atoms with Gasteiger partial charge in [-0.15, -0.1) is 0 Å². The maximum Gasteiger partial charge on any atom is 0.225 e. The Morgan fingerprint density at radius 2 is 1.87 bits per heavy atom. The molecule has 0 aromatic carbocycles. The van der Waals surface area contributed by atoms with Crippen LogP contribution in [0.2, 0.25) is 0 Å². The molecule has 2 aliphatic rings. The van der Waals surface area contributed by atoms with Crippen molar-refractivity contribution in [3.63, 3.8) is 0 Å². The van der Waals surface area contributed by atoms with Crippen molar-refractivity contribution in [3.05, 3.63) is 18.5 Å². The highest BCUT2D eigenvalue weighted by Gasteiger charge is 2.36. The summed E-state index contributed by atoms with van der Waals surface area (Å²) in [5.41, 5.74) is 0. The molecule has 0 N–H and O–H groups in total. The van der Waals surface area contributed by atoms with E-state index in [4.69, 9.17) is 0 Å². The fraction of sp³-hybridized carbons (Fsp3) is 0.667. The van der Waals surface area contributed by atoms with Crippen molar-refractivity contribution in [2.45, 2.75) is 38.1 Å². The molecule has 2 heterocycles. The van der Waals surface area contributed by atoms with Crippen LogP contribution < -0.4 is 4.90 Å². The Morgan fingerprint density at radius 1 is 1.07 bits per heavy atom. The monoisotopic (exact) mass is 203 g/mol. The lowest BCUT2D eigenvalue weighted by Crippen LogP contribution is -2.35. The molecule has 1 saturated heterocycles. The molecule has 1 aromatic rings. The minimum absolute atomic E-state index is 0.723. The largest absolute Gasteiger partial charge is 0.338 e. The molecule has 0 bridgehead atoms. The van der Waals surface area contributed by atoms with Crippen LogP contribution in [0.4, 0.5) is 5.95 Å². The quantitative estimate of drug-likeness (QED) is 0.701. The van der Waals surface area contributed by atoms with E-state index >= 15 is 0 Å². The Labute approximate surface area is 90.5 Å². The van der Waals surface area contributed by atoms with Gasteiger partial charge < -0.3 is 4.90 Å². The minimum Gasteiger partial charge on any atom is -0.338 e. The lowest BCUT2D eigenvalue weighted by molar-refractivity contribution is 0.341. The summed E-state index contributed by atoms with van der Waals surface area (Å²) in [6.45, 7) is 1.15. The zero-order valence-electron chi connectivity index (χ0n) is 8.97. The normalized spacial score (nSPS) is 30.3. The molecular weight excluding hydrogens is 186 g/mol. The van der Waals surface area contributed by atoms with Crippen LogP contribution in [0.3, 0.4) is 0 Å². The Bertz CT molecular complexity index is 325. The average Bonchev–Trinajstić information content (AvgIpc) is 2.74. The Balaban J connectivity index is 1.82. The van der Waals surface area contributed by atoms with Crippen molar-refractivity contribution < 1.29 is 0 Å². The summed E-state index contributed by atoms with van der Waals surface area (Å²) in [4.78, 5) is 11.2. The molecule has 2 atom stereocenters. The molecule has 0 radical (unpaired) electrons. The molecule has 2 fully saturated rings. The fourth-order valence-corrected chi connectivity index (χ4v) is 3.09. The van der Waals surface area contributed by atoms with E-state index in [1.807, 2.05) is 18.5 Å². The molecule has 1 saturated carbocycles. The van der Waals surface area contributed by atoms with Gasteiger partial charge in [0.25, 0.3) is 0 Å². The van der Waals surface area contributed by atoms with Crippen LogP contribution in [0.1, 0.15) is 32.1 Å². The number of aromatic nitrogens is 2. The average molecular weight is 203 g/mol. The van der Waals surface area contributed by atoms with Crippen molar-refractivity contribution in [2.24, 2.45) is 5.92 Å². The topological polar surface area (TPSA) is 29.0 Å². The van der Waals surface area contributed by atoms with Crippen LogP contribution in [0.25, 0.3) is 0 Å². The van der Waals surface area contributed by atoms with Crippen LogP contribution in [0, 0.1) is 5.92 Å². The first-order chi connectivity index (χ1) is 7.45. The second kappa shape index (κ2) is 3.80. The molecule has 0 unspecified atom stereocenters. The first-order valence-electron chi connectivity index (χ1n) is 5.99. The number of fused-ring (bicyclic) bond motifs is 1. The zero-order chi connectivity index (χ0) is 10.1. The zero-order valence-corrected chi connectivity index (χ0v) is 8.97. The summed E-state index contributed by atoms with van der Waals surface area (Å²) >= 11 is 0. The molecule has 1 aliphatic carbocycles. The lowest BCUT2D eigenvalue weighted by Gasteiger charge is -2.31. The van der Waals surface area contributed by atoms with Crippen molar-refractivity contribution in [1.29, 1.82) is 0 Å². The Hall–Kier alpha value is -1.12. The van der Waals surface area contributed by atoms with Gasteiger partial charge in [-0.05, 0) is 31.2 Å². The number of hydrogen-bond donors (Lipinski definition) is 0. The predicted octanol–water partition coefficient (Wildman–Crippen LogP) is 2.25. The molecule has 0 amide bonds. The Morgan fingerprint density at radius 3 is 2.73 bits per heavy atom. The van der Waals surface area contributed by atoms with Crippen LogP contribution in [0.15, 0.2) is 18.5 Å². The minimum atomic E-state index is 0.723. The van der Waals surface area contributed by atoms with E-state index in [1.54, 1.807) is 0 Å². The third-order valence-corrected chi connectivity index (χ3v) is 3.82. The molecular formula is C12H17N3. The van der Waals surface area contributed by atoms with Crippen LogP contribution in [0.5, 0.6) is 0 Å². The second-order valence-corrected chi connectivity index (χ2v) is 4.64. The van der Waals surface area contributed by atoms with Gasteiger partial charge in [0.2, 0.25) is 5.95 Å². The van der Waals surface area contributed by atoms with Gasteiger partial charge in [0.05, 0.1) is 0 Å². The van der Waals surface area contributed by atoms with Gasteiger partial charge in [-0.25, -0.2) is 9.97 Å². The first-order valence-corrected chi connectivity index (χ1v) is 5.99. The lowest BCUT2D eigenvalue weighted by atomic mass is 9.85. The van der Waals surface area contributed by atoms with Crippen LogP contribution in [-0.2, 0) is 0 Å². The second-order valence-electron chi connectivity index (χ2n) is 4.64. The summed E-state index contributed by atoms with van der Waals surface area (Å²) in [5, 5.41) is 0. The molecule has 3 heteroatoms. The maximum atomic E-state index is 4.37. The molecule has 3 nitrogen and oxygen atoms in total. The van der Waals surface area contributed by atoms with Gasteiger partial charge >= 0.3 is 0 Å². The van der Waals surface area contributed by atoms with Crippen molar-refractivity contribution in [1.82, 2.24) is 9.97 Å². The van der Waals surface area contributed by atoms with Gasteiger partial charge in [0.1, 0.15) is 0 Å². The summed E-state index contributed by atoms with van der Waals surface area (Å²) in [6.07, 6.45) is 10.6. The highest BCUT2D eigenvalue weighted by molar-refractivity contribution is 5.33. The van der Waals surface area contributed by atoms with Gasteiger partial charge in [0, 0.05) is 25.0 Å². The summed E-state index contributed by atoms with van der Waals surface area (Å²) in [7, 11) is 0. The first kappa shape index (κ1) is 9.13. The van der Waals surface area contributed by atoms with Crippen LogP contribution >= 0.6 is 0 Å². The predicted molar refractivity (Wildman–Crippen MR) is 59.7 cm³/mol. The number of nitrogens with zero attached hydrogens (tertiary/aromatic N) is 3. The van der Waals surface area contributed by atoms with E-state index in [1.165, 1.54) is 32.1 Å². The van der Waals surface area contributed by atoms with Gasteiger partial charge in [0.15, 0.2) is 0 Å². The van der Waals surface area contributed by atoms with E-state index in [0.717, 1.165) is 24.5 Å². The summed E-state index contributed by atoms with van der Waals surface area (Å²) in [5.74, 6) is 1.84. The summed E-state index contributed by atoms with van der Waals surface area (Å²) < 4.78 is 0. The SMILES string of the molecule is c1cnc(N2CC[C@H]3CCCC[C@H]32)nc1. The molecule has 3 rings (SSSR count). The Kier molecular flexibility index (Phi) is 2.31. The number of anilines is 1. The molecule has 15 heavy (non-hydrogen) atoms. The fourth-order valence-electron chi connectivity index (χ4n) is 3.09. The molecule has 1 aromatic heterocycles. The van der Waals surface area contributed by atoms with Crippen LogP contribution in [-0.4, -0.2) is 22.6 Å². The standard InChI is InChI=1S/C12H17N3/c1-2-5-11-10(4-1)6-9-15(11)12-13-7-3-8-14-12/h3,7-8,10-11H,1-2,4-6,9H2/t10-,11-/m1/s1.